The van der Waals surface area contributed by atoms with E-state index in [0.29, 0.717) is 12.2 Å². The number of nitrogens with one attached hydrogen (secondary N) is 3. The molecule has 1 aromatic rings. The summed E-state index contributed by atoms with van der Waals surface area (Å²) in [7, 11) is 1.77. The summed E-state index contributed by atoms with van der Waals surface area (Å²) in [6.07, 6.45) is 1.30. The van der Waals surface area contributed by atoms with Crippen molar-refractivity contribution in [3.8, 4) is 0 Å². The number of halogens is 2. The van der Waals surface area contributed by atoms with E-state index < -0.39 is 23.6 Å². The zero-order valence-electron chi connectivity index (χ0n) is 17.8. The molecule has 4 saturated heterocycles. The Balaban J connectivity index is 1.29. The van der Waals surface area contributed by atoms with Crippen LogP contribution in [0.2, 0.25) is 0 Å². The SMILES string of the molecule is C[C@@H]1OCC2(CCN(C3NC4NNC(c5cc(F)cc(F)c5)C4C(=O)N3C)CC2)[C@@H]1N. The van der Waals surface area contributed by atoms with Crippen molar-refractivity contribution in [2.75, 3.05) is 26.7 Å². The lowest BCUT2D eigenvalue weighted by molar-refractivity contribution is -0.151. The Kier molecular flexibility index (Phi) is 5.27. The molecule has 0 aromatic heterocycles. The third kappa shape index (κ3) is 3.46. The van der Waals surface area contributed by atoms with Crippen LogP contribution in [0.1, 0.15) is 31.4 Å². The van der Waals surface area contributed by atoms with Crippen LogP contribution in [-0.4, -0.2) is 67.1 Å². The number of carbonyl (C=O) groups is 1. The molecule has 8 nitrogen and oxygen atoms in total. The molecule has 6 atom stereocenters. The molecular weight excluding hydrogens is 406 g/mol. The summed E-state index contributed by atoms with van der Waals surface area (Å²) >= 11 is 0. The molecule has 5 rings (SSSR count). The number of benzene rings is 1. The van der Waals surface area contributed by atoms with Crippen molar-refractivity contribution >= 4 is 5.91 Å². The number of nitrogens with two attached hydrogens (primary N) is 1. The second-order valence-electron chi connectivity index (χ2n) is 9.40. The van der Waals surface area contributed by atoms with Gasteiger partial charge in [-0.3, -0.25) is 15.0 Å². The standard InChI is InChI=1S/C21H30F2N6O2/c1-11-17(24)21(10-31-11)3-5-29(6-4-21)20-25-18-15(19(30)28(20)2)16(26-27-18)12-7-13(22)9-14(23)8-12/h7-9,11,15-18,20,25-27H,3-6,10,24H2,1-2H3/t11-,15?,16?,17+,18?,20?/m0/s1. The highest BCUT2D eigenvalue weighted by atomic mass is 19.1. The van der Waals surface area contributed by atoms with E-state index in [2.05, 4.69) is 21.1 Å². The van der Waals surface area contributed by atoms with Crippen LogP contribution in [0, 0.1) is 23.0 Å². The van der Waals surface area contributed by atoms with Crippen molar-refractivity contribution in [3.63, 3.8) is 0 Å². The summed E-state index contributed by atoms with van der Waals surface area (Å²) < 4.78 is 33.3. The summed E-state index contributed by atoms with van der Waals surface area (Å²) in [5.41, 5.74) is 13.0. The highest BCUT2D eigenvalue weighted by molar-refractivity contribution is 5.81. The van der Waals surface area contributed by atoms with Crippen LogP contribution >= 0.6 is 0 Å². The lowest BCUT2D eigenvalue weighted by Crippen LogP contribution is -2.70. The lowest BCUT2D eigenvalue weighted by Gasteiger charge is -2.49. The number of nitrogens with zero attached hydrogens (tertiary/aromatic N) is 2. The van der Waals surface area contributed by atoms with Crippen LogP contribution in [0.4, 0.5) is 8.78 Å². The first-order valence-corrected chi connectivity index (χ1v) is 10.9. The minimum absolute atomic E-state index is 0.00934. The third-order valence-corrected chi connectivity index (χ3v) is 7.67. The molecule has 0 bridgehead atoms. The first kappa shape index (κ1) is 21.2. The van der Waals surface area contributed by atoms with Crippen molar-refractivity contribution in [2.24, 2.45) is 17.1 Å². The van der Waals surface area contributed by atoms with Crippen molar-refractivity contribution in [2.45, 2.75) is 50.4 Å². The number of rotatable bonds is 2. The molecule has 1 amide bonds. The van der Waals surface area contributed by atoms with E-state index in [1.807, 2.05) is 6.92 Å². The maximum atomic E-state index is 13.7. The molecule has 1 aromatic carbocycles. The molecule has 4 aliphatic heterocycles. The van der Waals surface area contributed by atoms with Gasteiger partial charge in [0.15, 0.2) is 0 Å². The smallest absolute Gasteiger partial charge is 0.232 e. The number of hydrazine groups is 1. The van der Waals surface area contributed by atoms with E-state index in [1.165, 1.54) is 12.1 Å². The van der Waals surface area contributed by atoms with E-state index in [9.17, 15) is 13.6 Å². The topological polar surface area (TPSA) is 94.9 Å². The summed E-state index contributed by atoms with van der Waals surface area (Å²) in [5.74, 6) is -1.91. The zero-order chi connectivity index (χ0) is 21.9. The number of amides is 1. The van der Waals surface area contributed by atoms with Crippen LogP contribution in [0.25, 0.3) is 0 Å². The van der Waals surface area contributed by atoms with Crippen molar-refractivity contribution in [3.05, 3.63) is 35.4 Å². The Morgan fingerprint density at radius 1 is 1.16 bits per heavy atom. The molecule has 5 N–H and O–H groups in total. The predicted molar refractivity (Wildman–Crippen MR) is 109 cm³/mol. The van der Waals surface area contributed by atoms with Gasteiger partial charge in [-0.15, -0.1) is 0 Å². The first-order chi connectivity index (χ1) is 14.8. The van der Waals surface area contributed by atoms with Gasteiger partial charge in [0.25, 0.3) is 0 Å². The monoisotopic (exact) mass is 436 g/mol. The van der Waals surface area contributed by atoms with Crippen LogP contribution in [0.3, 0.4) is 0 Å². The van der Waals surface area contributed by atoms with Gasteiger partial charge in [0.1, 0.15) is 17.9 Å². The summed E-state index contributed by atoms with van der Waals surface area (Å²) in [6.45, 7) is 4.34. The van der Waals surface area contributed by atoms with Gasteiger partial charge in [-0.05, 0) is 37.5 Å². The maximum Gasteiger partial charge on any atom is 0.232 e. The Labute approximate surface area is 180 Å². The Bertz CT molecular complexity index is 844. The Hall–Kier alpha value is -1.69. The fourth-order valence-corrected chi connectivity index (χ4v) is 5.69. The highest BCUT2D eigenvalue weighted by Gasteiger charge is 2.52. The number of hydrogen-bond acceptors (Lipinski definition) is 7. The van der Waals surface area contributed by atoms with Gasteiger partial charge in [0.2, 0.25) is 5.91 Å². The quantitative estimate of drug-likeness (QED) is 0.527. The highest BCUT2D eigenvalue weighted by Crippen LogP contribution is 2.42. The average molecular weight is 437 g/mol. The molecule has 1 spiro atoms. The molecular formula is C21H30F2N6O2. The lowest BCUT2D eigenvalue weighted by atomic mass is 9.73. The molecule has 4 aliphatic rings. The first-order valence-electron chi connectivity index (χ1n) is 10.9. The second-order valence-corrected chi connectivity index (χ2v) is 9.40. The predicted octanol–water partition coefficient (Wildman–Crippen LogP) is 0.229. The van der Waals surface area contributed by atoms with Gasteiger partial charge in [-0.1, -0.05) is 0 Å². The van der Waals surface area contributed by atoms with Crippen LogP contribution < -0.4 is 21.9 Å². The van der Waals surface area contributed by atoms with E-state index in [-0.39, 0.29) is 35.9 Å². The molecule has 0 aliphatic carbocycles. The Morgan fingerprint density at radius 3 is 2.45 bits per heavy atom. The molecule has 0 radical (unpaired) electrons. The van der Waals surface area contributed by atoms with Gasteiger partial charge in [0.05, 0.1) is 30.8 Å². The van der Waals surface area contributed by atoms with E-state index in [4.69, 9.17) is 10.5 Å². The molecule has 10 heteroatoms. The van der Waals surface area contributed by atoms with E-state index in [1.54, 1.807) is 11.9 Å². The molecule has 4 unspecified atom stereocenters. The minimum atomic E-state index is -0.659. The van der Waals surface area contributed by atoms with Gasteiger partial charge in [0, 0.05) is 37.7 Å². The van der Waals surface area contributed by atoms with Crippen LogP contribution in [-0.2, 0) is 9.53 Å². The molecule has 31 heavy (non-hydrogen) atoms. The number of likely N-dealkylation sites (tertiary alicyclic amines) is 1. The molecule has 4 heterocycles. The summed E-state index contributed by atoms with van der Waals surface area (Å²) in [4.78, 5) is 17.3. The maximum absolute atomic E-state index is 13.7. The van der Waals surface area contributed by atoms with Gasteiger partial charge < -0.3 is 15.4 Å². The number of ether oxygens (including phenoxy) is 1. The summed E-state index contributed by atoms with van der Waals surface area (Å²) in [5, 5.41) is 3.50. The Morgan fingerprint density at radius 2 is 1.84 bits per heavy atom. The molecule has 0 saturated carbocycles. The van der Waals surface area contributed by atoms with Gasteiger partial charge >= 0.3 is 0 Å². The van der Waals surface area contributed by atoms with E-state index >= 15 is 0 Å². The fourth-order valence-electron chi connectivity index (χ4n) is 5.69. The normalized spacial score (nSPS) is 38.1. The number of piperidine rings is 1. The molecule has 170 valence electrons. The minimum Gasteiger partial charge on any atom is -0.376 e. The van der Waals surface area contributed by atoms with E-state index in [0.717, 1.165) is 32.0 Å². The van der Waals surface area contributed by atoms with Gasteiger partial charge in [-0.25, -0.2) is 19.6 Å². The van der Waals surface area contributed by atoms with Crippen molar-refractivity contribution < 1.29 is 18.3 Å². The number of hydrogen-bond donors (Lipinski definition) is 4. The molecule has 4 fully saturated rings. The summed E-state index contributed by atoms with van der Waals surface area (Å²) in [6, 6.07) is 2.87. The second kappa shape index (κ2) is 7.72. The number of carbonyl (C=O) groups excluding carboxylic acids is 1. The average Bonchev–Trinajstić information content (AvgIpc) is 3.28. The van der Waals surface area contributed by atoms with Gasteiger partial charge in [-0.2, -0.15) is 0 Å². The fraction of sp³-hybridized carbons (Fsp3) is 0.667. The van der Waals surface area contributed by atoms with Crippen LogP contribution in [0.5, 0.6) is 0 Å². The third-order valence-electron chi connectivity index (χ3n) is 7.67. The number of fused-ring (bicyclic) bond motifs is 1. The van der Waals surface area contributed by atoms with Crippen LogP contribution in [0.15, 0.2) is 18.2 Å². The zero-order valence-corrected chi connectivity index (χ0v) is 17.8. The van der Waals surface area contributed by atoms with Crippen molar-refractivity contribution in [1.29, 1.82) is 0 Å². The largest absolute Gasteiger partial charge is 0.376 e. The van der Waals surface area contributed by atoms with Crippen molar-refractivity contribution in [1.82, 2.24) is 26.0 Å².